The quantitative estimate of drug-likeness (QED) is 0.221. The summed E-state index contributed by atoms with van der Waals surface area (Å²) in [7, 11) is 0. The van der Waals surface area contributed by atoms with E-state index in [4.69, 9.17) is 0 Å². The van der Waals surface area contributed by atoms with Crippen LogP contribution in [0.15, 0.2) is 93.2 Å². The highest BCUT2D eigenvalue weighted by molar-refractivity contribution is 8.00. The van der Waals surface area contributed by atoms with Crippen LogP contribution in [0.1, 0.15) is 5.56 Å². The van der Waals surface area contributed by atoms with Gasteiger partial charge < -0.3 is 4.98 Å². The number of hydrogen-bond donors (Lipinski definition) is 1. The highest BCUT2D eigenvalue weighted by atomic mass is 32.2. The number of nitriles is 1. The van der Waals surface area contributed by atoms with Crippen LogP contribution in [-0.4, -0.2) is 17.1 Å². The largest absolute Gasteiger partial charge is 0.361 e. The van der Waals surface area contributed by atoms with Gasteiger partial charge in [-0.15, -0.1) is 11.8 Å². The molecule has 1 amide bonds. The van der Waals surface area contributed by atoms with Crippen LogP contribution in [0.2, 0.25) is 0 Å². The molecular formula is C25H17N3OS2. The number of amides is 1. The second kappa shape index (κ2) is 8.03. The Labute approximate surface area is 188 Å². The van der Waals surface area contributed by atoms with Gasteiger partial charge in [0.25, 0.3) is 5.91 Å². The van der Waals surface area contributed by atoms with Gasteiger partial charge in [0.05, 0.1) is 11.4 Å². The standard InChI is InChI=1S/C25H17N3OS2/c1-30-18-10-11-24-22(13-18)28(21-8-4-5-9-23(21)31-24)25(29)16(14-26)12-17-15-27-20-7-3-2-6-19(17)20/h2-13,15,27H,1H3/b16-12+. The minimum Gasteiger partial charge on any atom is -0.361 e. The zero-order chi connectivity index (χ0) is 21.4. The molecule has 0 spiro atoms. The third-order valence-corrected chi connectivity index (χ3v) is 7.06. The van der Waals surface area contributed by atoms with Crippen molar-refractivity contribution in [3.05, 3.63) is 84.1 Å². The number of para-hydroxylation sites is 2. The van der Waals surface area contributed by atoms with E-state index in [1.807, 2.05) is 73.1 Å². The minimum absolute atomic E-state index is 0.0898. The van der Waals surface area contributed by atoms with Crippen molar-refractivity contribution >= 4 is 57.8 Å². The highest BCUT2D eigenvalue weighted by Gasteiger charge is 2.30. The Morgan fingerprint density at radius 3 is 2.68 bits per heavy atom. The lowest BCUT2D eigenvalue weighted by atomic mass is 10.1. The van der Waals surface area contributed by atoms with Crippen molar-refractivity contribution in [3.8, 4) is 6.07 Å². The second-order valence-electron chi connectivity index (χ2n) is 7.00. The first-order chi connectivity index (χ1) is 15.2. The number of rotatable bonds is 3. The van der Waals surface area contributed by atoms with Crippen LogP contribution >= 0.6 is 23.5 Å². The minimum atomic E-state index is -0.333. The van der Waals surface area contributed by atoms with Gasteiger partial charge in [0, 0.05) is 37.3 Å². The Morgan fingerprint density at radius 1 is 1.06 bits per heavy atom. The van der Waals surface area contributed by atoms with Crippen molar-refractivity contribution in [3.63, 3.8) is 0 Å². The number of hydrogen-bond acceptors (Lipinski definition) is 4. The fourth-order valence-electron chi connectivity index (χ4n) is 3.71. The summed E-state index contributed by atoms with van der Waals surface area (Å²) in [6.45, 7) is 0. The fourth-order valence-corrected chi connectivity index (χ4v) is 5.18. The van der Waals surface area contributed by atoms with E-state index in [1.165, 1.54) is 0 Å². The van der Waals surface area contributed by atoms with Gasteiger partial charge in [-0.25, -0.2) is 0 Å². The summed E-state index contributed by atoms with van der Waals surface area (Å²) in [5.74, 6) is -0.333. The lowest BCUT2D eigenvalue weighted by Crippen LogP contribution is -2.29. The van der Waals surface area contributed by atoms with Crippen LogP contribution in [0.3, 0.4) is 0 Å². The molecule has 1 aromatic heterocycles. The lowest BCUT2D eigenvalue weighted by Gasteiger charge is -2.31. The van der Waals surface area contributed by atoms with E-state index in [2.05, 4.69) is 17.1 Å². The number of fused-ring (bicyclic) bond motifs is 3. The average Bonchev–Trinajstić information content (AvgIpc) is 3.23. The average molecular weight is 440 g/mol. The molecule has 1 aliphatic heterocycles. The maximum atomic E-state index is 13.7. The molecule has 2 heterocycles. The molecule has 0 bridgehead atoms. The number of benzene rings is 3. The number of nitrogens with zero attached hydrogens (tertiary/aromatic N) is 2. The normalized spacial score (nSPS) is 12.9. The summed E-state index contributed by atoms with van der Waals surface area (Å²) >= 11 is 3.26. The smallest absolute Gasteiger partial charge is 0.273 e. The maximum absolute atomic E-state index is 13.7. The maximum Gasteiger partial charge on any atom is 0.273 e. The lowest BCUT2D eigenvalue weighted by molar-refractivity contribution is -0.114. The second-order valence-corrected chi connectivity index (χ2v) is 8.97. The van der Waals surface area contributed by atoms with Gasteiger partial charge in [-0.1, -0.05) is 42.1 Å². The van der Waals surface area contributed by atoms with E-state index in [9.17, 15) is 10.1 Å². The van der Waals surface area contributed by atoms with Gasteiger partial charge in [0.1, 0.15) is 11.6 Å². The van der Waals surface area contributed by atoms with Gasteiger partial charge in [-0.2, -0.15) is 5.26 Å². The molecule has 0 fully saturated rings. The third kappa shape index (κ3) is 3.42. The molecule has 3 aromatic carbocycles. The highest BCUT2D eigenvalue weighted by Crippen LogP contribution is 2.49. The molecule has 0 radical (unpaired) electrons. The van der Waals surface area contributed by atoms with Crippen molar-refractivity contribution in [1.29, 1.82) is 5.26 Å². The molecule has 5 rings (SSSR count). The molecular weight excluding hydrogens is 422 g/mol. The first kappa shape index (κ1) is 19.6. The van der Waals surface area contributed by atoms with Gasteiger partial charge in [-0.05, 0) is 48.7 Å². The number of aromatic nitrogens is 1. The number of thioether (sulfide) groups is 1. The summed E-state index contributed by atoms with van der Waals surface area (Å²) in [5, 5.41) is 10.9. The summed E-state index contributed by atoms with van der Waals surface area (Å²) in [4.78, 5) is 21.6. The Hall–Kier alpha value is -3.40. The van der Waals surface area contributed by atoms with Crippen molar-refractivity contribution < 1.29 is 4.79 Å². The number of H-pyrrole nitrogens is 1. The first-order valence-corrected chi connectivity index (χ1v) is 11.7. The first-order valence-electron chi connectivity index (χ1n) is 9.67. The van der Waals surface area contributed by atoms with Crippen molar-refractivity contribution in [2.24, 2.45) is 0 Å². The molecule has 31 heavy (non-hydrogen) atoms. The van der Waals surface area contributed by atoms with Crippen LogP contribution in [0.5, 0.6) is 0 Å². The molecule has 4 nitrogen and oxygen atoms in total. The van der Waals surface area contributed by atoms with Gasteiger partial charge in [0.15, 0.2) is 0 Å². The molecule has 0 saturated carbocycles. The van der Waals surface area contributed by atoms with Crippen LogP contribution in [0.25, 0.3) is 17.0 Å². The monoisotopic (exact) mass is 439 g/mol. The molecule has 0 unspecified atom stereocenters. The molecule has 0 saturated heterocycles. The zero-order valence-electron chi connectivity index (χ0n) is 16.6. The van der Waals surface area contributed by atoms with E-state index in [-0.39, 0.29) is 11.5 Å². The third-order valence-electron chi connectivity index (χ3n) is 5.21. The Kier molecular flexibility index (Phi) is 5.06. The summed E-state index contributed by atoms with van der Waals surface area (Å²) in [6.07, 6.45) is 5.51. The Balaban J connectivity index is 1.65. The summed E-state index contributed by atoms with van der Waals surface area (Å²) in [6, 6.07) is 23.9. The molecule has 0 atom stereocenters. The van der Waals surface area contributed by atoms with Crippen LogP contribution in [-0.2, 0) is 4.79 Å². The predicted molar refractivity (Wildman–Crippen MR) is 128 cm³/mol. The van der Waals surface area contributed by atoms with Gasteiger partial charge >= 0.3 is 0 Å². The predicted octanol–water partition coefficient (Wildman–Crippen LogP) is 6.63. The van der Waals surface area contributed by atoms with Crippen molar-refractivity contribution in [2.75, 3.05) is 11.2 Å². The molecule has 1 N–H and O–H groups in total. The molecule has 6 heteroatoms. The number of anilines is 2. The van der Waals surface area contributed by atoms with Crippen molar-refractivity contribution in [2.45, 2.75) is 14.7 Å². The van der Waals surface area contributed by atoms with Crippen LogP contribution in [0.4, 0.5) is 11.4 Å². The number of aromatic amines is 1. The van der Waals surface area contributed by atoms with E-state index in [0.29, 0.717) is 0 Å². The SMILES string of the molecule is CSc1ccc2c(c1)N(C(=O)/C(C#N)=C/c1c[nH]c3ccccc13)c1ccccc1S2. The van der Waals surface area contributed by atoms with Gasteiger partial charge in [-0.3, -0.25) is 9.69 Å². The Morgan fingerprint density at radius 2 is 1.84 bits per heavy atom. The molecule has 1 aliphatic rings. The van der Waals surface area contributed by atoms with E-state index in [1.54, 1.807) is 34.5 Å². The van der Waals surface area contributed by atoms with Gasteiger partial charge in [0.2, 0.25) is 0 Å². The summed E-state index contributed by atoms with van der Waals surface area (Å²) < 4.78 is 0. The molecule has 150 valence electrons. The number of carbonyl (C=O) groups is 1. The molecule has 4 aromatic rings. The Bertz CT molecular complexity index is 1400. The number of carbonyl (C=O) groups excluding carboxylic acids is 1. The van der Waals surface area contributed by atoms with E-state index >= 15 is 0 Å². The van der Waals surface area contributed by atoms with E-state index in [0.717, 1.165) is 42.5 Å². The number of nitrogens with one attached hydrogen (secondary N) is 1. The van der Waals surface area contributed by atoms with Crippen LogP contribution < -0.4 is 4.90 Å². The topological polar surface area (TPSA) is 59.9 Å². The fraction of sp³-hybridized carbons (Fsp3) is 0.0400. The summed E-state index contributed by atoms with van der Waals surface area (Å²) in [5.41, 5.74) is 3.47. The van der Waals surface area contributed by atoms with Crippen molar-refractivity contribution in [1.82, 2.24) is 4.98 Å². The van der Waals surface area contributed by atoms with Crippen LogP contribution in [0, 0.1) is 11.3 Å². The zero-order valence-corrected chi connectivity index (χ0v) is 18.3. The van der Waals surface area contributed by atoms with E-state index < -0.39 is 0 Å². The molecule has 0 aliphatic carbocycles.